The molecule has 0 unspecified atom stereocenters. The zero-order valence-electron chi connectivity index (χ0n) is 9.61. The zero-order chi connectivity index (χ0) is 12.7. The van der Waals surface area contributed by atoms with Crippen LogP contribution in [-0.2, 0) is 0 Å². The minimum atomic E-state index is 0.156. The first-order valence-corrected chi connectivity index (χ1v) is 6.50. The summed E-state index contributed by atoms with van der Waals surface area (Å²) in [6.07, 6.45) is 0. The lowest BCUT2D eigenvalue weighted by molar-refractivity contribution is 0.206. The molecule has 0 radical (unpaired) electrons. The smallest absolute Gasteiger partial charge is 0.162 e. The molecule has 94 valence electrons. The van der Waals surface area contributed by atoms with E-state index >= 15 is 0 Å². The molecule has 0 saturated carbocycles. The van der Waals surface area contributed by atoms with Crippen molar-refractivity contribution in [3.05, 3.63) is 10.7 Å². The second-order valence-corrected chi connectivity index (χ2v) is 4.51. The van der Waals surface area contributed by atoms with Crippen LogP contribution in [0.1, 0.15) is 12.5 Å². The van der Waals surface area contributed by atoms with Gasteiger partial charge in [-0.15, -0.1) is 0 Å². The molecular formula is C10H15ClN4OS. The number of anilines is 1. The first kappa shape index (κ1) is 14.2. The predicted octanol–water partition coefficient (Wildman–Crippen LogP) is 1.39. The standard InChI is InChI=1S/C10H15ClN4OS/c1-2-15(5-6-16)4-3-13-10-8(7-12)9(11)14-17-10/h13,16H,2-6H2,1H3. The first-order chi connectivity index (χ1) is 8.22. The quantitative estimate of drug-likeness (QED) is 0.786. The van der Waals surface area contributed by atoms with E-state index in [9.17, 15) is 0 Å². The van der Waals surface area contributed by atoms with Crippen molar-refractivity contribution in [2.75, 3.05) is 38.1 Å². The third-order valence-corrected chi connectivity index (χ3v) is 3.52. The van der Waals surface area contributed by atoms with Gasteiger partial charge in [-0.1, -0.05) is 18.5 Å². The molecule has 5 nitrogen and oxygen atoms in total. The minimum absolute atomic E-state index is 0.156. The first-order valence-electron chi connectivity index (χ1n) is 5.35. The number of nitrogens with zero attached hydrogens (tertiary/aromatic N) is 3. The topological polar surface area (TPSA) is 72.2 Å². The monoisotopic (exact) mass is 274 g/mol. The van der Waals surface area contributed by atoms with Gasteiger partial charge in [-0.3, -0.25) is 4.90 Å². The van der Waals surface area contributed by atoms with Crippen molar-refractivity contribution >= 4 is 28.1 Å². The van der Waals surface area contributed by atoms with Gasteiger partial charge in [0.15, 0.2) is 5.15 Å². The predicted molar refractivity (Wildman–Crippen MR) is 69.5 cm³/mol. The lowest BCUT2D eigenvalue weighted by atomic mass is 10.4. The van der Waals surface area contributed by atoms with E-state index in [4.69, 9.17) is 22.0 Å². The molecule has 1 rings (SSSR count). The number of likely N-dealkylation sites (N-methyl/N-ethyl adjacent to an activating group) is 1. The summed E-state index contributed by atoms with van der Waals surface area (Å²) in [4.78, 5) is 2.11. The molecule has 0 amide bonds. The fourth-order valence-corrected chi connectivity index (χ4v) is 2.34. The molecule has 0 aliphatic rings. The van der Waals surface area contributed by atoms with E-state index in [1.54, 1.807) is 0 Å². The summed E-state index contributed by atoms with van der Waals surface area (Å²) >= 11 is 6.95. The maximum absolute atomic E-state index is 8.88. The molecule has 0 fully saturated rings. The molecule has 0 bridgehead atoms. The fraction of sp³-hybridized carbons (Fsp3) is 0.600. The summed E-state index contributed by atoms with van der Waals surface area (Å²) in [7, 11) is 0. The Balaban J connectivity index is 2.43. The summed E-state index contributed by atoms with van der Waals surface area (Å²) in [5.41, 5.74) is 0.405. The van der Waals surface area contributed by atoms with Gasteiger partial charge in [0, 0.05) is 19.6 Å². The zero-order valence-corrected chi connectivity index (χ0v) is 11.2. The molecule has 0 aliphatic carbocycles. The number of aromatic nitrogens is 1. The highest BCUT2D eigenvalue weighted by molar-refractivity contribution is 7.10. The summed E-state index contributed by atoms with van der Waals surface area (Å²) < 4.78 is 3.91. The molecule has 1 heterocycles. The van der Waals surface area contributed by atoms with Gasteiger partial charge in [0.2, 0.25) is 0 Å². The van der Waals surface area contributed by atoms with Crippen molar-refractivity contribution in [2.45, 2.75) is 6.92 Å². The summed E-state index contributed by atoms with van der Waals surface area (Å²) in [5, 5.41) is 21.8. The second kappa shape index (κ2) is 7.45. The van der Waals surface area contributed by atoms with Crippen LogP contribution in [0.2, 0.25) is 5.15 Å². The van der Waals surface area contributed by atoms with Gasteiger partial charge in [-0.05, 0) is 18.1 Å². The number of aliphatic hydroxyl groups is 1. The molecule has 1 aromatic heterocycles. The number of aliphatic hydroxyl groups excluding tert-OH is 1. The van der Waals surface area contributed by atoms with E-state index in [1.165, 1.54) is 11.5 Å². The van der Waals surface area contributed by atoms with E-state index in [2.05, 4.69) is 14.6 Å². The van der Waals surface area contributed by atoms with Crippen LogP contribution in [0.15, 0.2) is 0 Å². The van der Waals surface area contributed by atoms with Crippen molar-refractivity contribution in [3.8, 4) is 6.07 Å². The molecule has 1 aromatic rings. The Bertz CT molecular complexity index is 390. The average molecular weight is 275 g/mol. The van der Waals surface area contributed by atoms with Gasteiger partial charge in [0.1, 0.15) is 16.6 Å². The van der Waals surface area contributed by atoms with Crippen LogP contribution >= 0.6 is 23.1 Å². The van der Waals surface area contributed by atoms with Gasteiger partial charge in [-0.25, -0.2) is 0 Å². The Hall–Kier alpha value is -0.870. The largest absolute Gasteiger partial charge is 0.395 e. The average Bonchev–Trinajstić information content (AvgIpc) is 2.68. The highest BCUT2D eigenvalue weighted by Gasteiger charge is 2.11. The number of rotatable bonds is 7. The van der Waals surface area contributed by atoms with Crippen LogP contribution in [0, 0.1) is 11.3 Å². The van der Waals surface area contributed by atoms with Crippen molar-refractivity contribution in [1.82, 2.24) is 9.27 Å². The van der Waals surface area contributed by atoms with Gasteiger partial charge in [0.25, 0.3) is 0 Å². The van der Waals surface area contributed by atoms with Crippen LogP contribution in [0.5, 0.6) is 0 Å². The van der Waals surface area contributed by atoms with Gasteiger partial charge in [-0.2, -0.15) is 9.64 Å². The number of hydrogen-bond acceptors (Lipinski definition) is 6. The molecule has 0 atom stereocenters. The van der Waals surface area contributed by atoms with Gasteiger partial charge in [0.05, 0.1) is 6.61 Å². The summed E-state index contributed by atoms with van der Waals surface area (Å²) in [5.74, 6) is 0. The lowest BCUT2D eigenvalue weighted by Gasteiger charge is -2.18. The third-order valence-electron chi connectivity index (χ3n) is 2.34. The van der Waals surface area contributed by atoms with Crippen LogP contribution in [0.25, 0.3) is 0 Å². The van der Waals surface area contributed by atoms with Crippen LogP contribution in [0.3, 0.4) is 0 Å². The Labute approximate surface area is 110 Å². The summed E-state index contributed by atoms with van der Waals surface area (Å²) in [6.45, 7) is 5.24. The molecule has 0 aliphatic heterocycles. The normalized spacial score (nSPS) is 10.5. The number of hydrogen-bond donors (Lipinski definition) is 2. The fourth-order valence-electron chi connectivity index (χ4n) is 1.39. The molecule has 0 saturated heterocycles. The molecular weight excluding hydrogens is 260 g/mol. The van der Waals surface area contributed by atoms with Gasteiger partial charge >= 0.3 is 0 Å². The Morgan fingerprint density at radius 1 is 1.59 bits per heavy atom. The highest BCUT2D eigenvalue weighted by Crippen LogP contribution is 2.27. The number of nitrogens with one attached hydrogen (secondary N) is 1. The summed E-state index contributed by atoms with van der Waals surface area (Å²) in [6, 6.07) is 2.02. The second-order valence-electron chi connectivity index (χ2n) is 3.37. The van der Waals surface area contributed by atoms with Crippen molar-refractivity contribution < 1.29 is 5.11 Å². The van der Waals surface area contributed by atoms with E-state index in [1.807, 2.05) is 13.0 Å². The van der Waals surface area contributed by atoms with Crippen molar-refractivity contribution in [1.29, 1.82) is 5.26 Å². The van der Waals surface area contributed by atoms with Crippen LogP contribution in [0.4, 0.5) is 5.00 Å². The SMILES string of the molecule is CCN(CCO)CCNc1snc(Cl)c1C#N. The number of nitriles is 1. The lowest BCUT2D eigenvalue weighted by Crippen LogP contribution is -2.31. The van der Waals surface area contributed by atoms with Crippen molar-refractivity contribution in [2.24, 2.45) is 0 Å². The highest BCUT2D eigenvalue weighted by atomic mass is 35.5. The minimum Gasteiger partial charge on any atom is -0.395 e. The van der Waals surface area contributed by atoms with E-state index in [0.29, 0.717) is 23.7 Å². The Morgan fingerprint density at radius 3 is 2.94 bits per heavy atom. The molecule has 2 N–H and O–H groups in total. The van der Waals surface area contributed by atoms with Gasteiger partial charge < -0.3 is 10.4 Å². The van der Waals surface area contributed by atoms with E-state index in [0.717, 1.165) is 13.1 Å². The molecule has 0 aromatic carbocycles. The van der Waals surface area contributed by atoms with Crippen molar-refractivity contribution in [3.63, 3.8) is 0 Å². The maximum Gasteiger partial charge on any atom is 0.162 e. The molecule has 17 heavy (non-hydrogen) atoms. The molecule has 7 heteroatoms. The van der Waals surface area contributed by atoms with E-state index < -0.39 is 0 Å². The third kappa shape index (κ3) is 4.13. The van der Waals surface area contributed by atoms with E-state index in [-0.39, 0.29) is 11.8 Å². The molecule has 0 spiro atoms. The maximum atomic E-state index is 8.88. The Morgan fingerprint density at radius 2 is 2.35 bits per heavy atom. The Kier molecular flexibility index (Phi) is 6.22. The van der Waals surface area contributed by atoms with Crippen LogP contribution < -0.4 is 5.32 Å². The number of halogens is 1. The van der Waals surface area contributed by atoms with Crippen LogP contribution in [-0.4, -0.2) is 47.2 Å².